The van der Waals surface area contributed by atoms with Crippen LogP contribution in [-0.2, 0) is 6.54 Å². The second-order valence-electron chi connectivity index (χ2n) is 4.20. The summed E-state index contributed by atoms with van der Waals surface area (Å²) in [5.41, 5.74) is -0.614. The SMILES string of the molecule is O=C(NCCCn1ccnn1)c1ccc([N+](=O)[O-])c(F)c1. The predicted molar refractivity (Wildman–Crippen MR) is 70.0 cm³/mol. The first-order valence-corrected chi connectivity index (χ1v) is 6.14. The van der Waals surface area contributed by atoms with Crippen molar-refractivity contribution >= 4 is 11.6 Å². The minimum absolute atomic E-state index is 0.0406. The topological polar surface area (TPSA) is 103 Å². The fourth-order valence-electron chi connectivity index (χ4n) is 1.69. The zero-order valence-corrected chi connectivity index (χ0v) is 10.9. The molecule has 2 rings (SSSR count). The first-order valence-electron chi connectivity index (χ1n) is 6.14. The van der Waals surface area contributed by atoms with Crippen molar-refractivity contribution in [3.8, 4) is 0 Å². The lowest BCUT2D eigenvalue weighted by molar-refractivity contribution is -0.387. The summed E-state index contributed by atoms with van der Waals surface area (Å²) < 4.78 is 15.0. The van der Waals surface area contributed by atoms with Crippen LogP contribution in [0, 0.1) is 15.9 Å². The van der Waals surface area contributed by atoms with E-state index in [0.29, 0.717) is 19.5 Å². The summed E-state index contributed by atoms with van der Waals surface area (Å²) in [5, 5.41) is 20.5. The fourth-order valence-corrected chi connectivity index (χ4v) is 1.69. The van der Waals surface area contributed by atoms with Crippen LogP contribution in [0.4, 0.5) is 10.1 Å². The van der Waals surface area contributed by atoms with E-state index in [2.05, 4.69) is 15.6 Å². The molecule has 1 amide bonds. The second kappa shape index (κ2) is 6.55. The molecule has 1 heterocycles. The molecule has 0 bridgehead atoms. The van der Waals surface area contributed by atoms with E-state index in [-0.39, 0.29) is 5.56 Å². The van der Waals surface area contributed by atoms with Gasteiger partial charge in [-0.25, -0.2) is 0 Å². The summed E-state index contributed by atoms with van der Waals surface area (Å²) in [5.74, 6) is -1.52. The van der Waals surface area contributed by atoms with Gasteiger partial charge in [-0.1, -0.05) is 5.21 Å². The largest absolute Gasteiger partial charge is 0.352 e. The maximum atomic E-state index is 13.4. The van der Waals surface area contributed by atoms with Crippen molar-refractivity contribution in [2.45, 2.75) is 13.0 Å². The second-order valence-corrected chi connectivity index (χ2v) is 4.20. The highest BCUT2D eigenvalue weighted by molar-refractivity contribution is 5.94. The Morgan fingerprint density at radius 1 is 1.48 bits per heavy atom. The molecule has 0 spiro atoms. The highest BCUT2D eigenvalue weighted by Crippen LogP contribution is 2.17. The van der Waals surface area contributed by atoms with Gasteiger partial charge in [-0.3, -0.25) is 19.6 Å². The number of nitrogens with zero attached hydrogens (tertiary/aromatic N) is 4. The van der Waals surface area contributed by atoms with Gasteiger partial charge in [0.25, 0.3) is 5.91 Å². The molecular weight excluding hydrogens is 281 g/mol. The number of nitro benzene ring substituents is 1. The van der Waals surface area contributed by atoms with Gasteiger partial charge in [0.15, 0.2) is 0 Å². The number of carbonyl (C=O) groups excluding carboxylic acids is 1. The van der Waals surface area contributed by atoms with Gasteiger partial charge in [-0.15, -0.1) is 5.10 Å². The number of rotatable bonds is 6. The van der Waals surface area contributed by atoms with E-state index in [9.17, 15) is 19.3 Å². The summed E-state index contributed by atoms with van der Waals surface area (Å²) in [6.45, 7) is 0.964. The van der Waals surface area contributed by atoms with E-state index in [1.165, 1.54) is 6.07 Å². The summed E-state index contributed by atoms with van der Waals surface area (Å²) in [6, 6.07) is 3.04. The average molecular weight is 293 g/mol. The highest BCUT2D eigenvalue weighted by Gasteiger charge is 2.16. The molecule has 110 valence electrons. The van der Waals surface area contributed by atoms with Crippen molar-refractivity contribution in [2.24, 2.45) is 0 Å². The van der Waals surface area contributed by atoms with Crippen LogP contribution >= 0.6 is 0 Å². The monoisotopic (exact) mass is 293 g/mol. The molecule has 1 aromatic heterocycles. The predicted octanol–water partition coefficient (Wildman–Crippen LogP) is 1.15. The third-order valence-corrected chi connectivity index (χ3v) is 2.73. The standard InChI is InChI=1S/C12H12FN5O3/c13-10-8-9(2-3-11(10)18(20)21)12(19)14-4-1-6-17-7-5-15-16-17/h2-3,5,7-8H,1,4,6H2,(H,14,19). The Morgan fingerprint density at radius 2 is 2.29 bits per heavy atom. The van der Waals surface area contributed by atoms with Gasteiger partial charge in [-0.2, -0.15) is 4.39 Å². The van der Waals surface area contributed by atoms with E-state index in [1.54, 1.807) is 17.1 Å². The van der Waals surface area contributed by atoms with Gasteiger partial charge < -0.3 is 5.32 Å². The van der Waals surface area contributed by atoms with Crippen LogP contribution in [-0.4, -0.2) is 32.4 Å². The maximum Gasteiger partial charge on any atom is 0.304 e. The summed E-state index contributed by atoms with van der Waals surface area (Å²) in [7, 11) is 0. The molecule has 0 saturated carbocycles. The highest BCUT2D eigenvalue weighted by atomic mass is 19.1. The Morgan fingerprint density at radius 3 is 2.90 bits per heavy atom. The van der Waals surface area contributed by atoms with Crippen LogP contribution in [0.5, 0.6) is 0 Å². The van der Waals surface area contributed by atoms with E-state index in [1.807, 2.05) is 0 Å². The van der Waals surface area contributed by atoms with Gasteiger partial charge >= 0.3 is 5.69 Å². The number of nitrogens with one attached hydrogen (secondary N) is 1. The first-order chi connectivity index (χ1) is 10.1. The van der Waals surface area contributed by atoms with Crippen molar-refractivity contribution in [2.75, 3.05) is 6.54 Å². The minimum Gasteiger partial charge on any atom is -0.352 e. The number of hydrogen-bond acceptors (Lipinski definition) is 5. The van der Waals surface area contributed by atoms with Crippen molar-refractivity contribution in [1.29, 1.82) is 0 Å². The first kappa shape index (κ1) is 14.6. The lowest BCUT2D eigenvalue weighted by atomic mass is 10.2. The summed E-state index contributed by atoms with van der Waals surface area (Å²) >= 11 is 0. The molecule has 1 aromatic carbocycles. The number of amides is 1. The number of nitro groups is 1. The van der Waals surface area contributed by atoms with Crippen LogP contribution in [0.1, 0.15) is 16.8 Å². The Bertz CT molecular complexity index is 644. The third-order valence-electron chi connectivity index (χ3n) is 2.73. The van der Waals surface area contributed by atoms with Crippen molar-refractivity contribution < 1.29 is 14.1 Å². The number of benzene rings is 1. The Kier molecular flexibility index (Phi) is 4.54. The van der Waals surface area contributed by atoms with Crippen LogP contribution in [0.3, 0.4) is 0 Å². The lowest BCUT2D eigenvalue weighted by Gasteiger charge is -2.05. The number of hydrogen-bond donors (Lipinski definition) is 1. The lowest BCUT2D eigenvalue weighted by Crippen LogP contribution is -2.25. The Balaban J connectivity index is 1.85. The van der Waals surface area contributed by atoms with Gasteiger partial charge in [-0.05, 0) is 18.6 Å². The van der Waals surface area contributed by atoms with Gasteiger partial charge in [0.1, 0.15) is 0 Å². The number of carbonyl (C=O) groups is 1. The van der Waals surface area contributed by atoms with Crippen LogP contribution in [0.2, 0.25) is 0 Å². The van der Waals surface area contributed by atoms with E-state index in [4.69, 9.17) is 0 Å². The summed E-state index contributed by atoms with van der Waals surface area (Å²) in [4.78, 5) is 21.4. The van der Waals surface area contributed by atoms with Crippen LogP contribution < -0.4 is 5.32 Å². The quantitative estimate of drug-likeness (QED) is 0.489. The summed E-state index contributed by atoms with van der Waals surface area (Å²) in [6.07, 6.45) is 3.89. The van der Waals surface area contributed by atoms with Crippen molar-refractivity contribution in [3.05, 3.63) is 52.1 Å². The zero-order valence-electron chi connectivity index (χ0n) is 10.9. The molecule has 0 aliphatic carbocycles. The maximum absolute atomic E-state index is 13.4. The Hall–Kier alpha value is -2.84. The smallest absolute Gasteiger partial charge is 0.304 e. The van der Waals surface area contributed by atoms with E-state index in [0.717, 1.165) is 12.1 Å². The Labute approximate surface area is 118 Å². The molecule has 0 atom stereocenters. The van der Waals surface area contributed by atoms with Crippen molar-refractivity contribution in [3.63, 3.8) is 0 Å². The average Bonchev–Trinajstić information content (AvgIpc) is 2.96. The molecule has 0 aliphatic heterocycles. The molecule has 9 heteroatoms. The van der Waals surface area contributed by atoms with Crippen LogP contribution in [0.25, 0.3) is 0 Å². The third kappa shape index (κ3) is 3.81. The van der Waals surface area contributed by atoms with Gasteiger partial charge in [0.05, 0.1) is 11.1 Å². The molecule has 0 fully saturated rings. The molecule has 0 unspecified atom stereocenters. The molecule has 8 nitrogen and oxygen atoms in total. The molecule has 1 N–H and O–H groups in total. The normalized spacial score (nSPS) is 10.3. The number of aryl methyl sites for hydroxylation is 1. The molecular formula is C12H12FN5O3. The number of aromatic nitrogens is 3. The molecule has 0 radical (unpaired) electrons. The minimum atomic E-state index is -1.03. The van der Waals surface area contributed by atoms with E-state index >= 15 is 0 Å². The van der Waals surface area contributed by atoms with Crippen LogP contribution in [0.15, 0.2) is 30.6 Å². The zero-order chi connectivity index (χ0) is 15.2. The fraction of sp³-hybridized carbons (Fsp3) is 0.250. The van der Waals surface area contributed by atoms with Gasteiger partial charge in [0.2, 0.25) is 5.82 Å². The number of halogens is 1. The van der Waals surface area contributed by atoms with Gasteiger partial charge in [0, 0.05) is 30.9 Å². The molecule has 2 aromatic rings. The molecule has 0 aliphatic rings. The van der Waals surface area contributed by atoms with E-state index < -0.39 is 22.3 Å². The molecule has 0 saturated heterocycles. The van der Waals surface area contributed by atoms with Crippen molar-refractivity contribution in [1.82, 2.24) is 20.3 Å². The molecule has 21 heavy (non-hydrogen) atoms.